The molecule has 0 bridgehead atoms. The largest absolute Gasteiger partial charge is 0.385 e. The van der Waals surface area contributed by atoms with Crippen LogP contribution in [0.25, 0.3) is 0 Å². The van der Waals surface area contributed by atoms with Gasteiger partial charge in [-0.15, -0.1) is 0 Å². The third-order valence-electron chi connectivity index (χ3n) is 2.73. The van der Waals surface area contributed by atoms with Gasteiger partial charge < -0.3 is 10.1 Å². The molecule has 0 saturated carbocycles. The maximum atomic E-state index is 12.4. The Balaban J connectivity index is 2.97. The van der Waals surface area contributed by atoms with Gasteiger partial charge in [-0.1, -0.05) is 11.6 Å². The Hall–Kier alpha value is -1.15. The smallest absolute Gasteiger partial charge is 0.251 e. The van der Waals surface area contributed by atoms with E-state index in [0.717, 1.165) is 0 Å². The Morgan fingerprint density at radius 2 is 1.96 bits per heavy atom. The second kappa shape index (κ2) is 8.10. The minimum Gasteiger partial charge on any atom is -0.385 e. The van der Waals surface area contributed by atoms with Crippen molar-refractivity contribution in [3.05, 3.63) is 28.8 Å². The van der Waals surface area contributed by atoms with Crippen molar-refractivity contribution in [1.29, 1.82) is 0 Å². The van der Waals surface area contributed by atoms with Crippen molar-refractivity contribution < 1.29 is 17.9 Å². The van der Waals surface area contributed by atoms with Crippen LogP contribution in [0.5, 0.6) is 0 Å². The molecule has 0 radical (unpaired) electrons. The molecule has 1 aromatic carbocycles. The summed E-state index contributed by atoms with van der Waals surface area (Å²) in [5.74, 6) is -0.357. The maximum Gasteiger partial charge on any atom is 0.251 e. The Morgan fingerprint density at radius 3 is 2.52 bits per heavy atom. The van der Waals surface area contributed by atoms with E-state index >= 15 is 0 Å². The quantitative estimate of drug-likeness (QED) is 0.728. The van der Waals surface area contributed by atoms with Gasteiger partial charge in [0.05, 0.1) is 5.02 Å². The van der Waals surface area contributed by atoms with Crippen molar-refractivity contribution in [1.82, 2.24) is 10.0 Å². The van der Waals surface area contributed by atoms with Gasteiger partial charge in [-0.05, 0) is 45.4 Å². The van der Waals surface area contributed by atoms with Crippen LogP contribution in [0.1, 0.15) is 37.6 Å². The van der Waals surface area contributed by atoms with Gasteiger partial charge in [0.2, 0.25) is 10.0 Å². The summed E-state index contributed by atoms with van der Waals surface area (Å²) in [5.41, 5.74) is -0.415. The molecule has 0 heterocycles. The zero-order valence-corrected chi connectivity index (χ0v) is 15.3. The highest BCUT2D eigenvalue weighted by atomic mass is 35.5. The molecule has 0 unspecified atom stereocenters. The fourth-order valence-corrected chi connectivity index (χ4v) is 3.77. The van der Waals surface area contributed by atoms with Crippen LogP contribution in [0.3, 0.4) is 0 Å². The molecule has 130 valence electrons. The first kappa shape index (κ1) is 19.9. The van der Waals surface area contributed by atoms with E-state index in [1.165, 1.54) is 18.2 Å². The molecule has 0 saturated heterocycles. The first-order chi connectivity index (χ1) is 10.6. The van der Waals surface area contributed by atoms with Gasteiger partial charge in [-0.25, -0.2) is 13.1 Å². The van der Waals surface area contributed by atoms with E-state index < -0.39 is 15.6 Å². The third-order valence-corrected chi connectivity index (χ3v) is 4.97. The lowest BCUT2D eigenvalue weighted by Gasteiger charge is -2.21. The number of hydrogen-bond donors (Lipinski definition) is 2. The Labute approximate surface area is 142 Å². The van der Waals surface area contributed by atoms with Crippen molar-refractivity contribution in [2.45, 2.75) is 37.6 Å². The summed E-state index contributed by atoms with van der Waals surface area (Å²) in [6.45, 7) is 6.16. The van der Waals surface area contributed by atoms with Gasteiger partial charge in [-0.2, -0.15) is 0 Å². The minimum atomic E-state index is -3.82. The molecule has 0 fully saturated rings. The highest BCUT2D eigenvalue weighted by Gasteiger charge is 2.25. The van der Waals surface area contributed by atoms with Crippen LogP contribution in [0, 0.1) is 0 Å². The van der Waals surface area contributed by atoms with Gasteiger partial charge in [0.15, 0.2) is 0 Å². The van der Waals surface area contributed by atoms with Gasteiger partial charge in [-0.3, -0.25) is 4.79 Å². The molecule has 0 aliphatic rings. The van der Waals surface area contributed by atoms with Gasteiger partial charge in [0, 0.05) is 31.4 Å². The van der Waals surface area contributed by atoms with E-state index in [2.05, 4.69) is 10.0 Å². The average Bonchev–Trinajstić information content (AvgIpc) is 2.41. The Bertz CT molecular complexity index is 654. The van der Waals surface area contributed by atoms with Crippen LogP contribution >= 0.6 is 11.6 Å². The molecule has 0 aliphatic carbocycles. The number of nitrogens with one attached hydrogen (secondary N) is 2. The van der Waals surface area contributed by atoms with Crippen LogP contribution in [0.4, 0.5) is 0 Å². The molecule has 0 atom stereocenters. The molecule has 1 rings (SSSR count). The lowest BCUT2D eigenvalue weighted by Crippen LogP contribution is -2.40. The first-order valence-corrected chi connectivity index (χ1v) is 9.03. The summed E-state index contributed by atoms with van der Waals surface area (Å²) in [7, 11) is -2.23. The normalized spacial score (nSPS) is 12.2. The summed E-state index contributed by atoms with van der Waals surface area (Å²) < 4.78 is 32.2. The number of amides is 1. The molecule has 0 aliphatic heterocycles. The topological polar surface area (TPSA) is 84.5 Å². The number of hydrogen-bond acceptors (Lipinski definition) is 4. The van der Waals surface area contributed by atoms with Crippen LogP contribution in [-0.4, -0.2) is 40.1 Å². The van der Waals surface area contributed by atoms with Crippen molar-refractivity contribution in [2.75, 3.05) is 20.3 Å². The summed E-state index contributed by atoms with van der Waals surface area (Å²) in [4.78, 5) is 12.0. The van der Waals surface area contributed by atoms with Crippen molar-refractivity contribution in [3.63, 3.8) is 0 Å². The number of halogens is 1. The number of methoxy groups -OCH3 is 1. The molecular weight excluding hydrogens is 340 g/mol. The number of rotatable bonds is 7. The molecule has 23 heavy (non-hydrogen) atoms. The second-order valence-electron chi connectivity index (χ2n) is 6.10. The lowest BCUT2D eigenvalue weighted by molar-refractivity contribution is 0.0948. The Morgan fingerprint density at radius 1 is 1.30 bits per heavy atom. The molecule has 6 nitrogen and oxygen atoms in total. The van der Waals surface area contributed by atoms with Crippen molar-refractivity contribution >= 4 is 27.5 Å². The zero-order valence-electron chi connectivity index (χ0n) is 13.8. The average molecular weight is 363 g/mol. The molecular formula is C15H23ClN2O4S. The highest BCUT2D eigenvalue weighted by Crippen LogP contribution is 2.24. The predicted molar refractivity (Wildman–Crippen MR) is 90.4 cm³/mol. The summed E-state index contributed by atoms with van der Waals surface area (Å²) in [5, 5.41) is 2.77. The van der Waals surface area contributed by atoms with E-state index in [1.807, 2.05) is 0 Å². The molecule has 0 aromatic heterocycles. The van der Waals surface area contributed by atoms with E-state index in [4.69, 9.17) is 16.3 Å². The van der Waals surface area contributed by atoms with E-state index in [0.29, 0.717) is 19.6 Å². The number of sulfonamides is 1. The van der Waals surface area contributed by atoms with Crippen LogP contribution in [0.2, 0.25) is 5.02 Å². The third kappa shape index (κ3) is 6.47. The van der Waals surface area contributed by atoms with Gasteiger partial charge in [0.1, 0.15) is 4.90 Å². The SMILES string of the molecule is COCCCNC(=O)c1ccc(Cl)c(S(=O)(=O)NC(C)(C)C)c1. The zero-order chi connectivity index (χ0) is 17.7. The van der Waals surface area contributed by atoms with Gasteiger partial charge in [0.25, 0.3) is 5.91 Å². The molecule has 2 N–H and O–H groups in total. The monoisotopic (exact) mass is 362 g/mol. The maximum absolute atomic E-state index is 12.4. The fourth-order valence-electron chi connectivity index (χ4n) is 1.83. The second-order valence-corrected chi connectivity index (χ2v) is 8.16. The van der Waals surface area contributed by atoms with Crippen molar-refractivity contribution in [3.8, 4) is 0 Å². The summed E-state index contributed by atoms with van der Waals surface area (Å²) >= 11 is 5.99. The van der Waals surface area contributed by atoms with E-state index in [-0.39, 0.29) is 21.4 Å². The van der Waals surface area contributed by atoms with E-state index in [1.54, 1.807) is 27.9 Å². The molecule has 8 heteroatoms. The van der Waals surface area contributed by atoms with Crippen LogP contribution in [-0.2, 0) is 14.8 Å². The highest BCUT2D eigenvalue weighted by molar-refractivity contribution is 7.89. The summed E-state index contributed by atoms with van der Waals surface area (Å²) in [6, 6.07) is 4.18. The molecule has 1 amide bonds. The van der Waals surface area contributed by atoms with Crippen molar-refractivity contribution in [2.24, 2.45) is 0 Å². The number of ether oxygens (including phenoxy) is 1. The molecule has 0 spiro atoms. The lowest BCUT2D eigenvalue weighted by atomic mass is 10.1. The Kier molecular flexibility index (Phi) is 7.01. The number of carbonyl (C=O) groups is 1. The number of carbonyl (C=O) groups excluding carboxylic acids is 1. The van der Waals surface area contributed by atoms with Gasteiger partial charge >= 0.3 is 0 Å². The fraction of sp³-hybridized carbons (Fsp3) is 0.533. The number of benzene rings is 1. The predicted octanol–water partition coefficient (Wildman–Crippen LogP) is 2.18. The first-order valence-electron chi connectivity index (χ1n) is 7.17. The standard InChI is InChI=1S/C15H23ClN2O4S/c1-15(2,3)18-23(20,21)13-10-11(6-7-12(13)16)14(19)17-8-5-9-22-4/h6-7,10,18H,5,8-9H2,1-4H3,(H,17,19). The van der Waals surface area contributed by atoms with Crippen LogP contribution in [0.15, 0.2) is 23.1 Å². The summed E-state index contributed by atoms with van der Waals surface area (Å²) in [6.07, 6.45) is 0.673. The minimum absolute atomic E-state index is 0.0673. The van der Waals surface area contributed by atoms with Crippen LogP contribution < -0.4 is 10.0 Å². The molecule has 1 aromatic rings. The van der Waals surface area contributed by atoms with E-state index in [9.17, 15) is 13.2 Å².